The Morgan fingerprint density at radius 1 is 1.31 bits per heavy atom. The largest absolute Gasteiger partial charge is 0.497 e. The van der Waals surface area contributed by atoms with Crippen LogP contribution in [0.15, 0.2) is 18.2 Å². The molecule has 0 saturated carbocycles. The average molecular weight is 231 g/mol. The molecule has 0 spiro atoms. The normalized spacial score (nSPS) is 20.4. The fourth-order valence-corrected chi connectivity index (χ4v) is 1.68. The van der Waals surface area contributed by atoms with Gasteiger partial charge in [-0.1, -0.05) is 0 Å². The number of ether oxygens (including phenoxy) is 1. The van der Waals surface area contributed by atoms with Crippen LogP contribution in [0.1, 0.15) is 23.6 Å². The zero-order chi connectivity index (χ0) is 11.8. The lowest BCUT2D eigenvalue weighted by Crippen LogP contribution is -2.35. The number of benzene rings is 1. The van der Waals surface area contributed by atoms with Crippen molar-refractivity contribution in [3.05, 3.63) is 29.3 Å². The molecule has 0 aliphatic carbocycles. The van der Waals surface area contributed by atoms with E-state index < -0.39 is 11.7 Å². The fourth-order valence-electron chi connectivity index (χ4n) is 1.68. The molecule has 1 aliphatic heterocycles. The Balaban J connectivity index is 2.38. The molecule has 0 unspecified atom stereocenters. The van der Waals surface area contributed by atoms with Crippen LogP contribution in [0.25, 0.3) is 0 Å². The van der Waals surface area contributed by atoms with E-state index in [-0.39, 0.29) is 11.8 Å². The molecule has 0 aromatic heterocycles. The summed E-state index contributed by atoms with van der Waals surface area (Å²) in [7, 11) is 1.37. The quantitative estimate of drug-likeness (QED) is 0.845. The summed E-state index contributed by atoms with van der Waals surface area (Å²) in [6.07, 6.45) is -3.46. The van der Waals surface area contributed by atoms with Crippen molar-refractivity contribution in [1.29, 1.82) is 0 Å². The second kappa shape index (κ2) is 3.97. The second-order valence-corrected chi connectivity index (χ2v) is 3.79. The fraction of sp³-hybridized carbons (Fsp3) is 0.455. The van der Waals surface area contributed by atoms with Gasteiger partial charge in [-0.05, 0) is 36.7 Å². The highest BCUT2D eigenvalue weighted by Gasteiger charge is 2.32. The van der Waals surface area contributed by atoms with Gasteiger partial charge in [-0.15, -0.1) is 0 Å². The van der Waals surface area contributed by atoms with Gasteiger partial charge in [0.1, 0.15) is 5.75 Å². The summed E-state index contributed by atoms with van der Waals surface area (Å²) in [5, 5.41) is 3.07. The first-order valence-corrected chi connectivity index (χ1v) is 5.00. The van der Waals surface area contributed by atoms with Crippen molar-refractivity contribution in [1.82, 2.24) is 5.32 Å². The molecule has 1 heterocycles. The van der Waals surface area contributed by atoms with Gasteiger partial charge in [-0.3, -0.25) is 0 Å². The smallest absolute Gasteiger partial charge is 0.416 e. The van der Waals surface area contributed by atoms with Crippen molar-refractivity contribution >= 4 is 0 Å². The Hall–Kier alpha value is -1.23. The van der Waals surface area contributed by atoms with Crippen molar-refractivity contribution in [2.45, 2.75) is 18.6 Å². The summed E-state index contributed by atoms with van der Waals surface area (Å²) in [5.74, 6) is 0.249. The molecule has 1 saturated heterocycles. The maximum Gasteiger partial charge on any atom is 0.416 e. The van der Waals surface area contributed by atoms with Crippen molar-refractivity contribution in [2.24, 2.45) is 0 Å². The highest BCUT2D eigenvalue weighted by atomic mass is 19.4. The highest BCUT2D eigenvalue weighted by Crippen LogP contribution is 2.35. The van der Waals surface area contributed by atoms with Gasteiger partial charge in [0.05, 0.1) is 12.7 Å². The summed E-state index contributed by atoms with van der Waals surface area (Å²) < 4.78 is 42.7. The third kappa shape index (κ3) is 2.14. The van der Waals surface area contributed by atoms with Gasteiger partial charge in [0, 0.05) is 6.04 Å². The Morgan fingerprint density at radius 3 is 2.44 bits per heavy atom. The molecule has 16 heavy (non-hydrogen) atoms. The molecular weight excluding hydrogens is 219 g/mol. The summed E-state index contributed by atoms with van der Waals surface area (Å²) in [5.41, 5.74) is -0.0199. The average Bonchev–Trinajstić information content (AvgIpc) is 2.13. The van der Waals surface area contributed by atoms with E-state index in [0.717, 1.165) is 19.0 Å². The zero-order valence-corrected chi connectivity index (χ0v) is 8.77. The molecule has 1 fully saturated rings. The lowest BCUT2D eigenvalue weighted by molar-refractivity contribution is -0.137. The molecule has 0 amide bonds. The predicted molar refractivity (Wildman–Crippen MR) is 53.4 cm³/mol. The van der Waals surface area contributed by atoms with E-state index in [4.69, 9.17) is 4.74 Å². The maximum absolute atomic E-state index is 12.6. The molecule has 1 aromatic rings. The van der Waals surface area contributed by atoms with Gasteiger partial charge in [0.2, 0.25) is 0 Å². The van der Waals surface area contributed by atoms with Gasteiger partial charge >= 0.3 is 6.18 Å². The Morgan fingerprint density at radius 2 is 2.00 bits per heavy atom. The topological polar surface area (TPSA) is 21.3 Å². The second-order valence-electron chi connectivity index (χ2n) is 3.79. The van der Waals surface area contributed by atoms with E-state index in [2.05, 4.69) is 5.32 Å². The van der Waals surface area contributed by atoms with Crippen LogP contribution in [0.3, 0.4) is 0 Å². The monoisotopic (exact) mass is 231 g/mol. The molecular formula is C11H12F3NO. The van der Waals surface area contributed by atoms with Gasteiger partial charge in [-0.2, -0.15) is 13.2 Å². The summed E-state index contributed by atoms with van der Waals surface area (Å²) in [6.45, 7) is 0.850. The Labute approximate surface area is 91.4 Å². The summed E-state index contributed by atoms with van der Waals surface area (Å²) >= 11 is 0. The SMILES string of the molecule is COc1cc([C@@H]2CCN2)cc(C(F)(F)F)c1. The van der Waals surface area contributed by atoms with E-state index in [1.54, 1.807) is 6.07 Å². The first-order valence-electron chi connectivity index (χ1n) is 5.00. The summed E-state index contributed by atoms with van der Waals surface area (Å²) in [4.78, 5) is 0. The highest BCUT2D eigenvalue weighted by molar-refractivity contribution is 5.38. The number of methoxy groups -OCH3 is 1. The Kier molecular flexibility index (Phi) is 2.80. The van der Waals surface area contributed by atoms with Gasteiger partial charge in [0.25, 0.3) is 0 Å². The predicted octanol–water partition coefficient (Wildman–Crippen LogP) is 2.75. The first-order chi connectivity index (χ1) is 7.50. The van der Waals surface area contributed by atoms with Crippen LogP contribution >= 0.6 is 0 Å². The lowest BCUT2D eigenvalue weighted by Gasteiger charge is -2.28. The maximum atomic E-state index is 12.6. The van der Waals surface area contributed by atoms with Crippen LogP contribution in [-0.4, -0.2) is 13.7 Å². The molecule has 5 heteroatoms. The summed E-state index contributed by atoms with van der Waals surface area (Å²) in [6, 6.07) is 3.87. The number of hydrogen-bond donors (Lipinski definition) is 1. The third-order valence-electron chi connectivity index (χ3n) is 2.72. The van der Waals surface area contributed by atoms with E-state index in [9.17, 15) is 13.2 Å². The molecule has 2 rings (SSSR count). The van der Waals surface area contributed by atoms with E-state index >= 15 is 0 Å². The minimum absolute atomic E-state index is 0.0243. The number of nitrogens with one attached hydrogen (secondary N) is 1. The Bertz CT molecular complexity index is 385. The minimum Gasteiger partial charge on any atom is -0.497 e. The van der Waals surface area contributed by atoms with Gasteiger partial charge in [-0.25, -0.2) is 0 Å². The molecule has 2 nitrogen and oxygen atoms in total. The van der Waals surface area contributed by atoms with E-state index in [1.807, 2.05) is 0 Å². The van der Waals surface area contributed by atoms with E-state index in [0.29, 0.717) is 5.56 Å². The van der Waals surface area contributed by atoms with Crippen LogP contribution < -0.4 is 10.1 Å². The number of rotatable bonds is 2. The third-order valence-corrected chi connectivity index (χ3v) is 2.72. The van der Waals surface area contributed by atoms with Crippen molar-refractivity contribution < 1.29 is 17.9 Å². The van der Waals surface area contributed by atoms with Gasteiger partial charge < -0.3 is 10.1 Å². The van der Waals surface area contributed by atoms with Crippen LogP contribution in [0.2, 0.25) is 0 Å². The number of alkyl halides is 3. The molecule has 1 atom stereocenters. The van der Waals surface area contributed by atoms with Crippen LogP contribution in [0.4, 0.5) is 13.2 Å². The van der Waals surface area contributed by atoms with Crippen LogP contribution in [0, 0.1) is 0 Å². The molecule has 88 valence electrons. The van der Waals surface area contributed by atoms with Crippen molar-refractivity contribution in [3.63, 3.8) is 0 Å². The molecule has 0 radical (unpaired) electrons. The first kappa shape index (κ1) is 11.3. The minimum atomic E-state index is -4.33. The van der Waals surface area contributed by atoms with Crippen LogP contribution in [-0.2, 0) is 6.18 Å². The molecule has 1 aromatic carbocycles. The van der Waals surface area contributed by atoms with Gasteiger partial charge in [0.15, 0.2) is 0 Å². The van der Waals surface area contributed by atoms with E-state index in [1.165, 1.54) is 13.2 Å². The molecule has 1 N–H and O–H groups in total. The standard InChI is InChI=1S/C11H12F3NO/c1-16-9-5-7(10-2-3-15-10)4-8(6-9)11(12,13)14/h4-6,10,15H,2-3H2,1H3/t10-/m0/s1. The molecule has 1 aliphatic rings. The lowest BCUT2D eigenvalue weighted by atomic mass is 9.96. The zero-order valence-electron chi connectivity index (χ0n) is 8.77. The van der Waals surface area contributed by atoms with Crippen molar-refractivity contribution in [3.8, 4) is 5.75 Å². The number of halogens is 3. The molecule has 0 bridgehead atoms. The van der Waals surface area contributed by atoms with Crippen LogP contribution in [0.5, 0.6) is 5.75 Å². The van der Waals surface area contributed by atoms with Crippen molar-refractivity contribution in [2.75, 3.05) is 13.7 Å². The number of hydrogen-bond acceptors (Lipinski definition) is 2.